The highest BCUT2D eigenvalue weighted by Crippen LogP contribution is 2.54. The van der Waals surface area contributed by atoms with Crippen molar-refractivity contribution in [2.24, 2.45) is 0 Å². The van der Waals surface area contributed by atoms with Crippen LogP contribution >= 0.6 is 94.1 Å². The Hall–Kier alpha value is -0.460. The molecule has 0 unspecified atom stereocenters. The van der Waals surface area contributed by atoms with Crippen LogP contribution in [0, 0.1) is 0 Å². The molecule has 0 bridgehead atoms. The fourth-order valence-electron chi connectivity index (χ4n) is 2.69. The van der Waals surface area contributed by atoms with Crippen LogP contribution in [0.3, 0.4) is 0 Å². The Balaban J connectivity index is 1.24. The lowest BCUT2D eigenvalue weighted by Gasteiger charge is -2.05. The van der Waals surface area contributed by atoms with Gasteiger partial charge >= 0.3 is 0 Å². The number of allylic oxidation sites excluding steroid dienone is 2. The molecule has 0 aromatic heterocycles. The molecule has 4 aliphatic heterocycles. The van der Waals surface area contributed by atoms with Gasteiger partial charge in [0.25, 0.3) is 0 Å². The quantitative estimate of drug-likeness (QED) is 0.344. The summed E-state index contributed by atoms with van der Waals surface area (Å²) in [4.78, 5) is 2.24. The Morgan fingerprint density at radius 2 is 0.906 bits per heavy atom. The minimum absolute atomic E-state index is 0.148. The molecule has 1 aromatic carbocycles. The maximum Gasteiger partial charge on any atom is 0.123 e. The van der Waals surface area contributed by atoms with Crippen molar-refractivity contribution in [1.29, 1.82) is 0 Å². The lowest BCUT2D eigenvalue weighted by molar-refractivity contribution is 0.458. The smallest absolute Gasteiger partial charge is 0.123 e. The van der Waals surface area contributed by atoms with E-state index in [1.54, 1.807) is 106 Å². The first kappa shape index (κ1) is 23.3. The standard InChI is InChI=1S/C22H14O2S8/c23-17-10-14(2-4-16-12-30-22(32-16)20-27-7-8-28-20)18(24)9-13(17)1-3-15-11-29-21(31-15)19-25-5-6-26-19/h1-12,23-24H/b3-1+,4-2+. The Kier molecular flexibility index (Phi) is 7.90. The van der Waals surface area contributed by atoms with Gasteiger partial charge in [0, 0.05) is 20.9 Å². The number of rotatable bonds is 4. The van der Waals surface area contributed by atoms with Crippen LogP contribution in [0.4, 0.5) is 0 Å². The predicted octanol–water partition coefficient (Wildman–Crippen LogP) is 9.92. The Morgan fingerprint density at radius 1 is 0.500 bits per heavy atom. The molecule has 0 spiro atoms. The molecule has 0 amide bonds. The first-order chi connectivity index (χ1) is 15.7. The highest BCUT2D eigenvalue weighted by atomic mass is 32.2. The summed E-state index contributed by atoms with van der Waals surface area (Å²) in [7, 11) is 0. The molecule has 1 aromatic rings. The molecule has 4 heterocycles. The minimum Gasteiger partial charge on any atom is -0.507 e. The lowest BCUT2D eigenvalue weighted by atomic mass is 10.1. The third kappa shape index (κ3) is 5.60. The van der Waals surface area contributed by atoms with Gasteiger partial charge in [0.1, 0.15) is 11.5 Å². The first-order valence-electron chi connectivity index (χ1n) is 9.12. The summed E-state index contributed by atoms with van der Waals surface area (Å²) in [6.07, 6.45) is 7.65. The lowest BCUT2D eigenvalue weighted by Crippen LogP contribution is -1.81. The summed E-state index contributed by atoms with van der Waals surface area (Å²) in [6, 6.07) is 3.22. The molecular weight excluding hydrogens is 553 g/mol. The van der Waals surface area contributed by atoms with E-state index in [1.165, 1.54) is 16.9 Å². The van der Waals surface area contributed by atoms with Gasteiger partial charge in [-0.3, -0.25) is 0 Å². The number of thioether (sulfide) groups is 8. The Labute approximate surface area is 220 Å². The van der Waals surface area contributed by atoms with E-state index in [4.69, 9.17) is 0 Å². The van der Waals surface area contributed by atoms with Crippen molar-refractivity contribution in [3.63, 3.8) is 0 Å². The van der Waals surface area contributed by atoms with Crippen molar-refractivity contribution in [3.05, 3.63) is 94.6 Å². The van der Waals surface area contributed by atoms with Crippen LogP contribution in [0.5, 0.6) is 11.5 Å². The Morgan fingerprint density at radius 3 is 1.31 bits per heavy atom. The fraction of sp³-hybridized carbons (Fsp3) is 0. The number of phenolic OH excluding ortho intramolecular Hbond substituents is 2. The van der Waals surface area contributed by atoms with Crippen LogP contribution in [-0.2, 0) is 0 Å². The van der Waals surface area contributed by atoms with Crippen molar-refractivity contribution in [2.75, 3.05) is 0 Å². The van der Waals surface area contributed by atoms with Crippen LogP contribution in [-0.4, -0.2) is 10.2 Å². The molecule has 0 atom stereocenters. The number of phenols is 2. The molecule has 0 fully saturated rings. The highest BCUT2D eigenvalue weighted by molar-refractivity contribution is 8.34. The van der Waals surface area contributed by atoms with Crippen LogP contribution < -0.4 is 0 Å². The zero-order valence-electron chi connectivity index (χ0n) is 16.1. The molecule has 0 saturated carbocycles. The van der Waals surface area contributed by atoms with E-state index in [1.807, 2.05) is 24.3 Å². The summed E-state index contributed by atoms with van der Waals surface area (Å²) < 4.78 is 5.20. The van der Waals surface area contributed by atoms with Crippen LogP contribution in [0.25, 0.3) is 12.2 Å². The van der Waals surface area contributed by atoms with Gasteiger partial charge in [0.2, 0.25) is 0 Å². The van der Waals surface area contributed by atoms with E-state index < -0.39 is 0 Å². The SMILES string of the molecule is Oc1cc(/C=C/C2=CSC(=C3SC=CS3)S2)c(O)cc1/C=C/C1=CSC(=C2SC=CS2)S1. The minimum atomic E-state index is 0.148. The van der Waals surface area contributed by atoms with Crippen LogP contribution in [0.15, 0.2) is 83.5 Å². The summed E-state index contributed by atoms with van der Waals surface area (Å²) in [6.45, 7) is 0. The number of hydrogen-bond donors (Lipinski definition) is 2. The van der Waals surface area contributed by atoms with Crippen molar-refractivity contribution in [1.82, 2.24) is 0 Å². The van der Waals surface area contributed by atoms with E-state index in [0.717, 1.165) is 9.81 Å². The van der Waals surface area contributed by atoms with Gasteiger partial charge in [0.05, 0.1) is 16.9 Å². The molecule has 5 rings (SSSR count). The van der Waals surface area contributed by atoms with Gasteiger partial charge in [-0.15, -0.1) is 0 Å². The monoisotopic (exact) mass is 566 g/mol. The number of benzene rings is 1. The second kappa shape index (κ2) is 10.9. The van der Waals surface area contributed by atoms with E-state index in [9.17, 15) is 10.2 Å². The van der Waals surface area contributed by atoms with Gasteiger partial charge in [-0.2, -0.15) is 0 Å². The van der Waals surface area contributed by atoms with Crippen LogP contribution in [0.1, 0.15) is 11.1 Å². The average Bonchev–Trinajstić information content (AvgIpc) is 3.59. The second-order valence-electron chi connectivity index (χ2n) is 6.28. The third-order valence-electron chi connectivity index (χ3n) is 4.16. The maximum absolute atomic E-state index is 10.5. The molecule has 0 saturated heterocycles. The van der Waals surface area contributed by atoms with Gasteiger partial charge in [0.15, 0.2) is 0 Å². The van der Waals surface area contributed by atoms with E-state index in [0.29, 0.717) is 11.1 Å². The summed E-state index contributed by atoms with van der Waals surface area (Å²) in [5.41, 5.74) is 1.19. The molecule has 0 aliphatic carbocycles. The second-order valence-corrected chi connectivity index (χ2v) is 14.9. The van der Waals surface area contributed by atoms with Crippen molar-refractivity contribution < 1.29 is 10.2 Å². The molecule has 4 aliphatic rings. The summed E-state index contributed by atoms with van der Waals surface area (Å²) >= 11 is 13.9. The zero-order chi connectivity index (χ0) is 21.9. The maximum atomic E-state index is 10.5. The van der Waals surface area contributed by atoms with Crippen molar-refractivity contribution in [3.8, 4) is 11.5 Å². The van der Waals surface area contributed by atoms with E-state index in [2.05, 4.69) is 32.4 Å². The molecule has 10 heteroatoms. The molecule has 32 heavy (non-hydrogen) atoms. The topological polar surface area (TPSA) is 40.5 Å². The van der Waals surface area contributed by atoms with Crippen molar-refractivity contribution in [2.45, 2.75) is 0 Å². The molecule has 2 nitrogen and oxygen atoms in total. The fourth-order valence-corrected chi connectivity index (χ4v) is 11.4. The molecule has 162 valence electrons. The van der Waals surface area contributed by atoms with Crippen LogP contribution in [0.2, 0.25) is 0 Å². The van der Waals surface area contributed by atoms with E-state index >= 15 is 0 Å². The van der Waals surface area contributed by atoms with Gasteiger partial charge in [-0.25, -0.2) is 0 Å². The molecule has 0 radical (unpaired) electrons. The Bertz CT molecular complexity index is 1090. The highest BCUT2D eigenvalue weighted by Gasteiger charge is 2.18. The molecular formula is C22H14O2S8. The largest absolute Gasteiger partial charge is 0.507 e. The predicted molar refractivity (Wildman–Crippen MR) is 157 cm³/mol. The molecule has 2 N–H and O–H groups in total. The van der Waals surface area contributed by atoms with Gasteiger partial charge < -0.3 is 10.2 Å². The summed E-state index contributed by atoms with van der Waals surface area (Å²) in [5, 5.41) is 33.6. The normalized spacial score (nSPS) is 20.6. The first-order valence-corrected chi connectivity index (χ1v) is 16.0. The number of aromatic hydroxyl groups is 2. The van der Waals surface area contributed by atoms with Crippen molar-refractivity contribution >= 4 is 106 Å². The number of hydrogen-bond acceptors (Lipinski definition) is 10. The van der Waals surface area contributed by atoms with Gasteiger partial charge in [-0.05, 0) is 68.9 Å². The van der Waals surface area contributed by atoms with E-state index in [-0.39, 0.29) is 11.5 Å². The third-order valence-corrected chi connectivity index (χ3v) is 14.2. The zero-order valence-corrected chi connectivity index (χ0v) is 22.6. The average molecular weight is 567 g/mol. The van der Waals surface area contributed by atoms with Gasteiger partial charge in [-0.1, -0.05) is 94.1 Å². The summed E-state index contributed by atoms with van der Waals surface area (Å²) in [5.74, 6) is 0.296.